The summed E-state index contributed by atoms with van der Waals surface area (Å²) in [4.78, 5) is 26.9. The van der Waals surface area contributed by atoms with Crippen LogP contribution in [0.2, 0.25) is 0 Å². The molecule has 0 saturated heterocycles. The summed E-state index contributed by atoms with van der Waals surface area (Å²) in [6, 6.07) is 1.45. The van der Waals surface area contributed by atoms with Crippen molar-refractivity contribution in [2.45, 2.75) is 26.7 Å². The molecule has 112 valence electrons. The highest BCUT2D eigenvalue weighted by Crippen LogP contribution is 2.07. The van der Waals surface area contributed by atoms with Gasteiger partial charge in [-0.3, -0.25) is 4.79 Å². The van der Waals surface area contributed by atoms with E-state index in [1.165, 1.54) is 9.80 Å². The number of hydrogen-bond donors (Lipinski definition) is 1. The molecule has 1 rings (SSSR count). The van der Waals surface area contributed by atoms with E-state index in [2.05, 4.69) is 10.5 Å². The summed E-state index contributed by atoms with van der Waals surface area (Å²) in [5.74, 6) is 0.692. The summed E-state index contributed by atoms with van der Waals surface area (Å²) in [7, 11) is 3.33. The van der Waals surface area contributed by atoms with E-state index in [0.717, 1.165) is 12.8 Å². The van der Waals surface area contributed by atoms with Gasteiger partial charge in [0.05, 0.1) is 0 Å². The van der Waals surface area contributed by atoms with E-state index in [1.807, 2.05) is 6.92 Å². The number of urea groups is 1. The number of aromatic nitrogens is 1. The first-order chi connectivity index (χ1) is 9.43. The fourth-order valence-corrected chi connectivity index (χ4v) is 1.66. The minimum Gasteiger partial charge on any atom is -0.360 e. The lowest BCUT2D eigenvalue weighted by Gasteiger charge is -2.25. The Hall–Kier alpha value is -2.05. The number of rotatable bonds is 6. The quantitative estimate of drug-likeness (QED) is 0.861. The molecule has 0 atom stereocenters. The van der Waals surface area contributed by atoms with Crippen molar-refractivity contribution < 1.29 is 14.1 Å². The Balaban J connectivity index is 2.59. The Bertz CT molecular complexity index is 456. The zero-order valence-corrected chi connectivity index (χ0v) is 12.5. The molecule has 1 N–H and O–H groups in total. The van der Waals surface area contributed by atoms with Gasteiger partial charge >= 0.3 is 6.03 Å². The maximum absolute atomic E-state index is 12.0. The highest BCUT2D eigenvalue weighted by atomic mass is 16.5. The van der Waals surface area contributed by atoms with Gasteiger partial charge in [0, 0.05) is 26.7 Å². The molecule has 0 bridgehead atoms. The van der Waals surface area contributed by atoms with Gasteiger partial charge in [-0.15, -0.1) is 0 Å². The predicted octanol–water partition coefficient (Wildman–Crippen LogP) is 1.71. The molecule has 1 aromatic heterocycles. The van der Waals surface area contributed by atoms with E-state index in [9.17, 15) is 9.59 Å². The third kappa shape index (κ3) is 4.91. The van der Waals surface area contributed by atoms with Crippen LogP contribution in [0.3, 0.4) is 0 Å². The number of nitrogens with zero attached hydrogens (tertiary/aromatic N) is 3. The zero-order valence-electron chi connectivity index (χ0n) is 12.5. The molecule has 1 heterocycles. The number of carbonyl (C=O) groups is 2. The van der Waals surface area contributed by atoms with Crippen molar-refractivity contribution >= 4 is 17.8 Å². The van der Waals surface area contributed by atoms with Gasteiger partial charge in [-0.1, -0.05) is 18.5 Å². The average molecular weight is 282 g/mol. The largest absolute Gasteiger partial charge is 0.360 e. The number of anilines is 1. The Morgan fingerprint density at radius 3 is 2.60 bits per heavy atom. The van der Waals surface area contributed by atoms with E-state index < -0.39 is 0 Å². The summed E-state index contributed by atoms with van der Waals surface area (Å²) < 4.78 is 4.87. The molecule has 0 aliphatic rings. The van der Waals surface area contributed by atoms with Crippen LogP contribution >= 0.6 is 0 Å². The maximum atomic E-state index is 12.0. The molecule has 7 nitrogen and oxygen atoms in total. The van der Waals surface area contributed by atoms with Crippen LogP contribution in [0, 0.1) is 6.92 Å². The lowest BCUT2D eigenvalue weighted by molar-refractivity contribution is -0.116. The van der Waals surface area contributed by atoms with Crippen molar-refractivity contribution in [2.75, 3.05) is 32.5 Å². The van der Waals surface area contributed by atoms with Crippen molar-refractivity contribution in [3.8, 4) is 0 Å². The van der Waals surface area contributed by atoms with Crippen LogP contribution in [-0.2, 0) is 4.79 Å². The lowest BCUT2D eigenvalue weighted by Crippen LogP contribution is -2.44. The topological polar surface area (TPSA) is 78.7 Å². The van der Waals surface area contributed by atoms with Crippen LogP contribution < -0.4 is 5.32 Å². The highest BCUT2D eigenvalue weighted by molar-refractivity contribution is 5.93. The molecular formula is C13H22N4O3. The molecule has 0 aliphatic carbocycles. The molecule has 0 aromatic carbocycles. The molecule has 0 aliphatic heterocycles. The number of nitrogens with one attached hydrogen (secondary N) is 1. The van der Waals surface area contributed by atoms with Crippen LogP contribution in [0.4, 0.5) is 10.6 Å². The second-order valence-corrected chi connectivity index (χ2v) is 4.82. The summed E-state index contributed by atoms with van der Waals surface area (Å²) >= 11 is 0. The molecule has 0 radical (unpaired) electrons. The molecule has 3 amide bonds. The molecule has 0 unspecified atom stereocenters. The van der Waals surface area contributed by atoms with Crippen molar-refractivity contribution in [3.63, 3.8) is 0 Å². The number of hydrogen-bond acceptors (Lipinski definition) is 4. The normalized spacial score (nSPS) is 10.2. The van der Waals surface area contributed by atoms with Gasteiger partial charge in [-0.05, 0) is 13.3 Å². The smallest absolute Gasteiger partial charge is 0.319 e. The van der Waals surface area contributed by atoms with Crippen LogP contribution in [0.1, 0.15) is 25.5 Å². The van der Waals surface area contributed by atoms with Gasteiger partial charge in [0.25, 0.3) is 0 Å². The Kier molecular flexibility index (Phi) is 6.02. The van der Waals surface area contributed by atoms with Gasteiger partial charge in [-0.25, -0.2) is 4.79 Å². The van der Waals surface area contributed by atoms with Gasteiger partial charge in [0.2, 0.25) is 5.91 Å². The molecule has 0 spiro atoms. The standard InChI is InChI=1S/C13H22N4O3/c1-5-6-7-17(13(19)16(3)4)9-12(18)14-11-8-10(2)20-15-11/h8H,5-7,9H2,1-4H3,(H,14,15,18). The Morgan fingerprint density at radius 1 is 1.40 bits per heavy atom. The molecule has 20 heavy (non-hydrogen) atoms. The first-order valence-corrected chi connectivity index (χ1v) is 6.63. The van der Waals surface area contributed by atoms with Crippen LogP contribution in [-0.4, -0.2) is 54.1 Å². The van der Waals surface area contributed by atoms with Crippen LogP contribution in [0.25, 0.3) is 0 Å². The SMILES string of the molecule is CCCCN(CC(=O)Nc1cc(C)on1)C(=O)N(C)C. The number of carbonyl (C=O) groups excluding carboxylic acids is 2. The summed E-state index contributed by atoms with van der Waals surface area (Å²) in [6.45, 7) is 4.34. The monoisotopic (exact) mass is 282 g/mol. The molecule has 7 heteroatoms. The van der Waals surface area contributed by atoms with Crippen molar-refractivity contribution in [3.05, 3.63) is 11.8 Å². The van der Waals surface area contributed by atoms with Crippen molar-refractivity contribution in [2.24, 2.45) is 0 Å². The summed E-state index contributed by atoms with van der Waals surface area (Å²) in [6.07, 6.45) is 1.82. The summed E-state index contributed by atoms with van der Waals surface area (Å²) in [5.41, 5.74) is 0. The highest BCUT2D eigenvalue weighted by Gasteiger charge is 2.18. The third-order valence-electron chi connectivity index (χ3n) is 2.66. The maximum Gasteiger partial charge on any atom is 0.319 e. The van der Waals surface area contributed by atoms with E-state index in [4.69, 9.17) is 4.52 Å². The van der Waals surface area contributed by atoms with E-state index in [0.29, 0.717) is 18.1 Å². The van der Waals surface area contributed by atoms with E-state index in [1.54, 1.807) is 27.1 Å². The fraction of sp³-hybridized carbons (Fsp3) is 0.615. The van der Waals surface area contributed by atoms with Crippen LogP contribution in [0.5, 0.6) is 0 Å². The van der Waals surface area contributed by atoms with Gasteiger partial charge < -0.3 is 19.6 Å². The van der Waals surface area contributed by atoms with Crippen molar-refractivity contribution in [1.29, 1.82) is 0 Å². The molecular weight excluding hydrogens is 260 g/mol. The summed E-state index contributed by atoms with van der Waals surface area (Å²) in [5, 5.41) is 6.29. The first-order valence-electron chi connectivity index (χ1n) is 6.63. The molecule has 0 saturated carbocycles. The minimum absolute atomic E-state index is 0.00290. The average Bonchev–Trinajstić information content (AvgIpc) is 2.78. The minimum atomic E-state index is -0.287. The van der Waals surface area contributed by atoms with Crippen molar-refractivity contribution in [1.82, 2.24) is 15.0 Å². The van der Waals surface area contributed by atoms with Crippen LogP contribution in [0.15, 0.2) is 10.6 Å². The lowest BCUT2D eigenvalue weighted by atomic mass is 10.3. The van der Waals surface area contributed by atoms with E-state index >= 15 is 0 Å². The predicted molar refractivity (Wildman–Crippen MR) is 75.4 cm³/mol. The zero-order chi connectivity index (χ0) is 15.1. The van der Waals surface area contributed by atoms with Gasteiger partial charge in [0.15, 0.2) is 5.82 Å². The first kappa shape index (κ1) is 16.0. The fourth-order valence-electron chi connectivity index (χ4n) is 1.66. The van der Waals surface area contributed by atoms with Gasteiger partial charge in [0.1, 0.15) is 12.3 Å². The Labute approximate surface area is 118 Å². The third-order valence-corrected chi connectivity index (χ3v) is 2.66. The molecule has 0 fully saturated rings. The number of aryl methyl sites for hydroxylation is 1. The van der Waals surface area contributed by atoms with Gasteiger partial charge in [-0.2, -0.15) is 0 Å². The number of amides is 3. The Morgan fingerprint density at radius 2 is 2.10 bits per heavy atom. The van der Waals surface area contributed by atoms with E-state index in [-0.39, 0.29) is 18.5 Å². The number of unbranched alkanes of at least 4 members (excludes halogenated alkanes) is 1. The second kappa shape index (κ2) is 7.52. The second-order valence-electron chi connectivity index (χ2n) is 4.82. The molecule has 1 aromatic rings.